The second-order valence-corrected chi connectivity index (χ2v) is 10.1. The summed E-state index contributed by atoms with van der Waals surface area (Å²) < 4.78 is 11.7. The van der Waals surface area contributed by atoms with E-state index in [0.29, 0.717) is 5.57 Å². The van der Waals surface area contributed by atoms with Gasteiger partial charge in [0.1, 0.15) is 17.3 Å². The maximum atomic E-state index is 13.0. The van der Waals surface area contributed by atoms with Crippen LogP contribution < -0.4 is 0 Å². The molecule has 8 atom stereocenters. The number of ether oxygens (including phenoxy) is 2. The van der Waals surface area contributed by atoms with E-state index in [1.165, 1.54) is 14.0 Å². The van der Waals surface area contributed by atoms with E-state index >= 15 is 0 Å². The summed E-state index contributed by atoms with van der Waals surface area (Å²) >= 11 is 0. The molecular formula is C23H32O7. The van der Waals surface area contributed by atoms with Crippen LogP contribution in [0.3, 0.4) is 0 Å². The third-order valence-corrected chi connectivity index (χ3v) is 8.38. The summed E-state index contributed by atoms with van der Waals surface area (Å²) in [6, 6.07) is 0. The Kier molecular flexibility index (Phi) is 4.52. The predicted molar refractivity (Wildman–Crippen MR) is 107 cm³/mol. The SMILES string of the molecule is CO[C@@H]1[C@@H](C)[C@]2(O)C3=CC(C)C(=O)[C@@]3(O)CC(CO)=C[C@H]2[C@@H]2C(C)(C)C12OC(C)=O. The molecule has 2 unspecified atom stereocenters. The number of ketones is 1. The van der Waals surface area contributed by atoms with Crippen LogP contribution in [0, 0.1) is 29.1 Å². The molecule has 0 amide bonds. The summed E-state index contributed by atoms with van der Waals surface area (Å²) in [6.45, 7) is 8.49. The molecule has 0 saturated heterocycles. The quantitative estimate of drug-likeness (QED) is 0.464. The van der Waals surface area contributed by atoms with Crippen LogP contribution >= 0.6 is 0 Å². The molecule has 2 fully saturated rings. The summed E-state index contributed by atoms with van der Waals surface area (Å²) in [6.07, 6.45) is 2.76. The molecule has 7 heteroatoms. The van der Waals surface area contributed by atoms with E-state index in [1.54, 1.807) is 19.1 Å². The molecule has 0 bridgehead atoms. The van der Waals surface area contributed by atoms with Gasteiger partial charge in [-0.2, -0.15) is 0 Å². The lowest BCUT2D eigenvalue weighted by molar-refractivity contribution is -0.197. The largest absolute Gasteiger partial charge is 0.456 e. The highest BCUT2D eigenvalue weighted by Gasteiger charge is 2.86. The fourth-order valence-electron chi connectivity index (χ4n) is 7.10. The molecule has 0 radical (unpaired) electrons. The molecule has 4 rings (SSSR count). The van der Waals surface area contributed by atoms with E-state index in [0.717, 1.165) is 0 Å². The summed E-state index contributed by atoms with van der Waals surface area (Å²) in [7, 11) is 1.52. The van der Waals surface area contributed by atoms with E-state index < -0.39 is 52.0 Å². The number of carbonyl (C=O) groups excluding carboxylic acids is 2. The summed E-state index contributed by atoms with van der Waals surface area (Å²) in [5.74, 6) is -2.81. The minimum Gasteiger partial charge on any atom is -0.456 e. The maximum Gasteiger partial charge on any atom is 0.303 e. The number of esters is 1. The molecule has 4 aliphatic carbocycles. The van der Waals surface area contributed by atoms with Gasteiger partial charge in [-0.1, -0.05) is 39.8 Å². The zero-order valence-electron chi connectivity index (χ0n) is 18.4. The van der Waals surface area contributed by atoms with Crippen molar-refractivity contribution in [2.24, 2.45) is 29.1 Å². The first-order valence-corrected chi connectivity index (χ1v) is 10.6. The lowest BCUT2D eigenvalue weighted by Gasteiger charge is -2.51. The van der Waals surface area contributed by atoms with Crippen LogP contribution in [-0.2, 0) is 19.1 Å². The maximum absolute atomic E-state index is 13.0. The van der Waals surface area contributed by atoms with Crippen LogP contribution in [0.2, 0.25) is 0 Å². The smallest absolute Gasteiger partial charge is 0.303 e. The summed E-state index contributed by atoms with van der Waals surface area (Å²) in [5, 5.41) is 33.8. The fourth-order valence-corrected chi connectivity index (χ4v) is 7.10. The molecular weight excluding hydrogens is 388 g/mol. The van der Waals surface area contributed by atoms with Gasteiger partial charge in [0.15, 0.2) is 11.4 Å². The summed E-state index contributed by atoms with van der Waals surface area (Å²) in [5.41, 5.74) is -4.14. The van der Waals surface area contributed by atoms with Crippen LogP contribution in [-0.4, -0.2) is 63.7 Å². The Morgan fingerprint density at radius 1 is 1.23 bits per heavy atom. The first-order valence-electron chi connectivity index (χ1n) is 10.6. The van der Waals surface area contributed by atoms with Gasteiger partial charge in [0.2, 0.25) is 0 Å². The Hall–Kier alpha value is -1.54. The Balaban J connectivity index is 1.97. The van der Waals surface area contributed by atoms with E-state index in [4.69, 9.17) is 9.47 Å². The highest BCUT2D eigenvalue weighted by Crippen LogP contribution is 2.76. The molecule has 3 N–H and O–H groups in total. The van der Waals surface area contributed by atoms with Crippen molar-refractivity contribution in [3.63, 3.8) is 0 Å². The molecule has 0 aromatic heterocycles. The van der Waals surface area contributed by atoms with Crippen molar-refractivity contribution in [1.82, 2.24) is 0 Å². The van der Waals surface area contributed by atoms with E-state index in [-0.39, 0.29) is 30.3 Å². The molecule has 4 aliphatic rings. The zero-order chi connectivity index (χ0) is 22.4. The average Bonchev–Trinajstić information content (AvgIpc) is 3.07. The fraction of sp³-hybridized carbons (Fsp3) is 0.739. The van der Waals surface area contributed by atoms with Crippen molar-refractivity contribution in [3.05, 3.63) is 23.3 Å². The number of aliphatic hydroxyl groups is 3. The van der Waals surface area contributed by atoms with Gasteiger partial charge in [-0.15, -0.1) is 0 Å². The van der Waals surface area contributed by atoms with Crippen molar-refractivity contribution in [3.8, 4) is 0 Å². The molecule has 0 aromatic carbocycles. The van der Waals surface area contributed by atoms with E-state index in [2.05, 4.69) is 0 Å². The number of fused-ring (bicyclic) bond motifs is 5. The molecule has 30 heavy (non-hydrogen) atoms. The Labute approximate surface area is 176 Å². The first-order chi connectivity index (χ1) is 13.8. The highest BCUT2D eigenvalue weighted by molar-refractivity contribution is 5.98. The van der Waals surface area contributed by atoms with Crippen molar-refractivity contribution in [1.29, 1.82) is 0 Å². The van der Waals surface area contributed by atoms with Gasteiger partial charge in [0.25, 0.3) is 0 Å². The van der Waals surface area contributed by atoms with Crippen molar-refractivity contribution in [2.45, 2.75) is 63.9 Å². The molecule has 166 valence electrons. The molecule has 0 aromatic rings. The normalized spacial score (nSPS) is 48.6. The zero-order valence-corrected chi connectivity index (χ0v) is 18.4. The molecule has 7 nitrogen and oxygen atoms in total. The van der Waals surface area contributed by atoms with Crippen molar-refractivity contribution in [2.75, 3.05) is 13.7 Å². The van der Waals surface area contributed by atoms with E-state index in [9.17, 15) is 24.9 Å². The van der Waals surface area contributed by atoms with Gasteiger partial charge in [0.05, 0.1) is 6.61 Å². The predicted octanol–water partition coefficient (Wildman–Crippen LogP) is 1.15. The van der Waals surface area contributed by atoms with Gasteiger partial charge in [-0.25, -0.2) is 0 Å². The second kappa shape index (κ2) is 6.25. The molecule has 2 saturated carbocycles. The topological polar surface area (TPSA) is 113 Å². The Morgan fingerprint density at radius 2 is 1.87 bits per heavy atom. The van der Waals surface area contributed by atoms with Gasteiger partial charge in [0, 0.05) is 49.5 Å². The lowest BCUT2D eigenvalue weighted by Crippen LogP contribution is -2.63. The van der Waals surface area contributed by atoms with Crippen LogP contribution in [0.1, 0.15) is 41.0 Å². The highest BCUT2D eigenvalue weighted by atomic mass is 16.6. The average molecular weight is 421 g/mol. The van der Waals surface area contributed by atoms with E-state index in [1.807, 2.05) is 20.8 Å². The Bertz CT molecular complexity index is 873. The van der Waals surface area contributed by atoms with Crippen molar-refractivity contribution < 1.29 is 34.4 Å². The monoisotopic (exact) mass is 420 g/mol. The molecule has 0 spiro atoms. The number of rotatable bonds is 3. The van der Waals surface area contributed by atoms with Crippen LogP contribution in [0.15, 0.2) is 23.3 Å². The van der Waals surface area contributed by atoms with Gasteiger partial charge < -0.3 is 24.8 Å². The Morgan fingerprint density at radius 3 is 2.40 bits per heavy atom. The minimum absolute atomic E-state index is 0.0601. The lowest BCUT2D eigenvalue weighted by atomic mass is 9.61. The van der Waals surface area contributed by atoms with Gasteiger partial charge >= 0.3 is 5.97 Å². The third-order valence-electron chi connectivity index (χ3n) is 8.38. The number of Topliss-reactive ketones (excluding diaryl/α,β-unsaturated/α-hetero) is 1. The number of aliphatic hydroxyl groups excluding tert-OH is 1. The van der Waals surface area contributed by atoms with Crippen LogP contribution in [0.4, 0.5) is 0 Å². The minimum atomic E-state index is -1.87. The summed E-state index contributed by atoms with van der Waals surface area (Å²) in [4.78, 5) is 25.0. The number of hydrogen-bond donors (Lipinski definition) is 3. The van der Waals surface area contributed by atoms with Crippen molar-refractivity contribution >= 4 is 11.8 Å². The first kappa shape index (κ1) is 21.7. The molecule has 0 heterocycles. The van der Waals surface area contributed by atoms with Crippen LogP contribution in [0.5, 0.6) is 0 Å². The number of allylic oxidation sites excluding steroid dienone is 1. The standard InChI is InChI=1S/C23H32O7/c1-11-7-16-21(27,18(11)26)9-14(10-24)8-15-17-20(4,5)23(17,30-13(3)25)19(29-6)12(2)22(15,16)28/h7-8,11-12,15,17,19,24,27-28H,9-10H2,1-6H3/t11?,12-,15+,17-,19-,21-,22-,23?/m1/s1. The number of carbonyl (C=O) groups is 2. The van der Waals surface area contributed by atoms with Crippen LogP contribution in [0.25, 0.3) is 0 Å². The van der Waals surface area contributed by atoms with Gasteiger partial charge in [-0.05, 0) is 11.1 Å². The number of hydrogen-bond acceptors (Lipinski definition) is 7. The second-order valence-electron chi connectivity index (χ2n) is 10.1. The third kappa shape index (κ3) is 2.24. The number of methoxy groups -OCH3 is 1. The molecule has 0 aliphatic heterocycles. The van der Waals surface area contributed by atoms with Gasteiger partial charge in [-0.3, -0.25) is 9.59 Å².